The maximum absolute atomic E-state index is 11.6. The fourth-order valence-corrected chi connectivity index (χ4v) is 2.74. The SMILES string of the molecule is CC(C)(C)OC(=O)NCC1CCCC1NC1CNC1. The van der Waals surface area contributed by atoms with E-state index in [-0.39, 0.29) is 6.09 Å². The second-order valence-electron chi connectivity index (χ2n) is 6.70. The Balaban J connectivity index is 1.70. The van der Waals surface area contributed by atoms with Crippen molar-refractivity contribution in [2.45, 2.75) is 57.7 Å². The third-order valence-corrected chi connectivity index (χ3v) is 3.80. The van der Waals surface area contributed by atoms with Crippen molar-refractivity contribution in [2.75, 3.05) is 19.6 Å². The third-order valence-electron chi connectivity index (χ3n) is 3.80. The molecule has 0 bridgehead atoms. The second-order valence-corrected chi connectivity index (χ2v) is 6.70. The van der Waals surface area contributed by atoms with Crippen LogP contribution in [0.5, 0.6) is 0 Å². The Labute approximate surface area is 115 Å². The molecule has 0 aromatic carbocycles. The Morgan fingerprint density at radius 2 is 2.05 bits per heavy atom. The maximum Gasteiger partial charge on any atom is 0.407 e. The molecule has 1 aliphatic heterocycles. The number of hydrogen-bond acceptors (Lipinski definition) is 4. The first-order valence-corrected chi connectivity index (χ1v) is 7.37. The molecule has 0 aromatic rings. The molecule has 1 heterocycles. The molecule has 2 unspecified atom stereocenters. The topological polar surface area (TPSA) is 62.4 Å². The molecule has 1 aliphatic carbocycles. The Kier molecular flexibility index (Phi) is 4.68. The van der Waals surface area contributed by atoms with Crippen LogP contribution in [0.15, 0.2) is 0 Å². The summed E-state index contributed by atoms with van der Waals surface area (Å²) in [5.74, 6) is 0.535. The molecule has 1 saturated carbocycles. The van der Waals surface area contributed by atoms with Crippen molar-refractivity contribution in [1.82, 2.24) is 16.0 Å². The minimum Gasteiger partial charge on any atom is -0.444 e. The van der Waals surface area contributed by atoms with E-state index in [9.17, 15) is 4.79 Å². The summed E-state index contributed by atoms with van der Waals surface area (Å²) in [6.07, 6.45) is 3.35. The van der Waals surface area contributed by atoms with Crippen molar-refractivity contribution in [3.05, 3.63) is 0 Å². The fourth-order valence-electron chi connectivity index (χ4n) is 2.74. The molecule has 1 amide bonds. The van der Waals surface area contributed by atoms with E-state index in [1.165, 1.54) is 19.3 Å². The highest BCUT2D eigenvalue weighted by molar-refractivity contribution is 5.67. The molecule has 19 heavy (non-hydrogen) atoms. The molecule has 0 radical (unpaired) electrons. The minimum atomic E-state index is -0.422. The van der Waals surface area contributed by atoms with E-state index in [0.717, 1.165) is 13.1 Å². The lowest BCUT2D eigenvalue weighted by molar-refractivity contribution is 0.0517. The Morgan fingerprint density at radius 1 is 1.32 bits per heavy atom. The van der Waals surface area contributed by atoms with Crippen LogP contribution in [0.3, 0.4) is 0 Å². The molecular weight excluding hydrogens is 242 g/mol. The maximum atomic E-state index is 11.6. The van der Waals surface area contributed by atoms with Gasteiger partial charge in [-0.1, -0.05) is 6.42 Å². The molecular formula is C14H27N3O2. The summed E-state index contributed by atoms with van der Waals surface area (Å²) in [4.78, 5) is 11.6. The summed E-state index contributed by atoms with van der Waals surface area (Å²) in [6.45, 7) is 8.51. The number of rotatable bonds is 4. The number of carbonyl (C=O) groups excluding carboxylic acids is 1. The van der Waals surface area contributed by atoms with Gasteiger partial charge in [0.1, 0.15) is 5.60 Å². The van der Waals surface area contributed by atoms with Crippen molar-refractivity contribution in [1.29, 1.82) is 0 Å². The van der Waals surface area contributed by atoms with Crippen LogP contribution < -0.4 is 16.0 Å². The average molecular weight is 269 g/mol. The molecule has 2 rings (SSSR count). The van der Waals surface area contributed by atoms with Gasteiger partial charge in [-0.05, 0) is 39.5 Å². The van der Waals surface area contributed by atoms with Crippen LogP contribution in [0.2, 0.25) is 0 Å². The molecule has 110 valence electrons. The van der Waals surface area contributed by atoms with Gasteiger partial charge in [0, 0.05) is 31.7 Å². The molecule has 1 saturated heterocycles. The Morgan fingerprint density at radius 3 is 2.63 bits per heavy atom. The Hall–Kier alpha value is -0.810. The molecule has 2 atom stereocenters. The lowest BCUT2D eigenvalue weighted by atomic mass is 10.0. The van der Waals surface area contributed by atoms with Crippen LogP contribution >= 0.6 is 0 Å². The monoisotopic (exact) mass is 269 g/mol. The molecule has 5 nitrogen and oxygen atoms in total. The molecule has 3 N–H and O–H groups in total. The van der Waals surface area contributed by atoms with Gasteiger partial charge < -0.3 is 20.7 Å². The van der Waals surface area contributed by atoms with E-state index in [2.05, 4.69) is 16.0 Å². The van der Waals surface area contributed by atoms with E-state index >= 15 is 0 Å². The van der Waals surface area contributed by atoms with Crippen molar-refractivity contribution in [3.8, 4) is 0 Å². The number of carbonyl (C=O) groups is 1. The van der Waals surface area contributed by atoms with Crippen LogP contribution in [0.1, 0.15) is 40.0 Å². The van der Waals surface area contributed by atoms with Gasteiger partial charge in [-0.3, -0.25) is 0 Å². The van der Waals surface area contributed by atoms with E-state index in [0.29, 0.717) is 24.5 Å². The summed E-state index contributed by atoms with van der Waals surface area (Å²) < 4.78 is 5.27. The van der Waals surface area contributed by atoms with Gasteiger partial charge in [-0.15, -0.1) is 0 Å². The van der Waals surface area contributed by atoms with Gasteiger partial charge in [0.05, 0.1) is 0 Å². The first-order valence-electron chi connectivity index (χ1n) is 7.37. The Bertz CT molecular complexity index is 310. The minimum absolute atomic E-state index is 0.302. The van der Waals surface area contributed by atoms with Gasteiger partial charge in [-0.25, -0.2) is 4.79 Å². The number of ether oxygens (including phenoxy) is 1. The van der Waals surface area contributed by atoms with Crippen LogP contribution in [-0.4, -0.2) is 43.4 Å². The molecule has 0 spiro atoms. The van der Waals surface area contributed by atoms with E-state index in [4.69, 9.17) is 4.74 Å². The summed E-state index contributed by atoms with van der Waals surface area (Å²) in [5.41, 5.74) is -0.422. The predicted octanol–water partition coefficient (Wildman–Crippen LogP) is 1.24. The average Bonchev–Trinajstić information content (AvgIpc) is 2.65. The quantitative estimate of drug-likeness (QED) is 0.718. The largest absolute Gasteiger partial charge is 0.444 e. The standard InChI is InChI=1S/C14H27N3O2/c1-14(2,3)19-13(18)16-7-10-5-4-6-12(10)17-11-8-15-9-11/h10-12,15,17H,4-9H2,1-3H3,(H,16,18). The molecule has 2 aliphatic rings. The van der Waals surface area contributed by atoms with E-state index < -0.39 is 5.60 Å². The highest BCUT2D eigenvalue weighted by Crippen LogP contribution is 2.25. The van der Waals surface area contributed by atoms with Crippen molar-refractivity contribution < 1.29 is 9.53 Å². The highest BCUT2D eigenvalue weighted by Gasteiger charge is 2.31. The van der Waals surface area contributed by atoms with Gasteiger partial charge in [0.15, 0.2) is 0 Å². The first-order chi connectivity index (χ1) is 8.94. The number of alkyl carbamates (subject to hydrolysis) is 1. The lowest BCUT2D eigenvalue weighted by Crippen LogP contribution is -2.59. The zero-order valence-electron chi connectivity index (χ0n) is 12.3. The first kappa shape index (κ1) is 14.6. The van der Waals surface area contributed by atoms with Crippen molar-refractivity contribution in [3.63, 3.8) is 0 Å². The van der Waals surface area contributed by atoms with Crippen LogP contribution in [-0.2, 0) is 4.74 Å². The highest BCUT2D eigenvalue weighted by atomic mass is 16.6. The van der Waals surface area contributed by atoms with Gasteiger partial charge >= 0.3 is 6.09 Å². The van der Waals surface area contributed by atoms with Crippen LogP contribution in [0, 0.1) is 5.92 Å². The third kappa shape index (κ3) is 4.66. The zero-order valence-corrected chi connectivity index (χ0v) is 12.3. The van der Waals surface area contributed by atoms with Crippen molar-refractivity contribution >= 4 is 6.09 Å². The summed E-state index contributed by atoms with van der Waals surface area (Å²) in [5, 5.41) is 9.86. The number of hydrogen-bond donors (Lipinski definition) is 3. The fraction of sp³-hybridized carbons (Fsp3) is 0.929. The number of amides is 1. The summed E-state index contributed by atoms with van der Waals surface area (Å²) >= 11 is 0. The predicted molar refractivity (Wildman–Crippen MR) is 75.2 cm³/mol. The smallest absolute Gasteiger partial charge is 0.407 e. The number of nitrogens with one attached hydrogen (secondary N) is 3. The van der Waals surface area contributed by atoms with Crippen LogP contribution in [0.4, 0.5) is 4.79 Å². The molecule has 5 heteroatoms. The second kappa shape index (κ2) is 6.09. The normalized spacial score (nSPS) is 27.9. The van der Waals surface area contributed by atoms with E-state index in [1.54, 1.807) is 0 Å². The van der Waals surface area contributed by atoms with Crippen molar-refractivity contribution in [2.24, 2.45) is 5.92 Å². The summed E-state index contributed by atoms with van der Waals surface area (Å²) in [6, 6.07) is 1.16. The zero-order chi connectivity index (χ0) is 13.9. The molecule has 0 aromatic heterocycles. The van der Waals surface area contributed by atoms with Gasteiger partial charge in [0.25, 0.3) is 0 Å². The lowest BCUT2D eigenvalue weighted by Gasteiger charge is -2.33. The van der Waals surface area contributed by atoms with Gasteiger partial charge in [0.2, 0.25) is 0 Å². The summed E-state index contributed by atoms with van der Waals surface area (Å²) in [7, 11) is 0. The van der Waals surface area contributed by atoms with E-state index in [1.807, 2.05) is 20.8 Å². The van der Waals surface area contributed by atoms with Crippen LogP contribution in [0.25, 0.3) is 0 Å². The van der Waals surface area contributed by atoms with Gasteiger partial charge in [-0.2, -0.15) is 0 Å². The molecule has 2 fully saturated rings.